The van der Waals surface area contributed by atoms with Crippen molar-refractivity contribution >= 4 is 38.8 Å². The van der Waals surface area contributed by atoms with Crippen molar-refractivity contribution in [2.45, 2.75) is 13.1 Å². The maximum absolute atomic E-state index is 11.0. The summed E-state index contributed by atoms with van der Waals surface area (Å²) < 4.78 is 1.21. The molecule has 4 nitrogen and oxygen atoms in total. The first kappa shape index (κ1) is 13.2. The Morgan fingerprint density at radius 1 is 1.30 bits per heavy atom. The number of hydrogen-bond acceptors (Lipinski definition) is 5. The second-order valence-electron chi connectivity index (χ2n) is 4.34. The number of amides is 1. The van der Waals surface area contributed by atoms with Gasteiger partial charge < -0.3 is 11.1 Å². The van der Waals surface area contributed by atoms with Crippen molar-refractivity contribution in [2.75, 3.05) is 0 Å². The Kier molecular flexibility index (Phi) is 3.77. The largest absolute Gasteiger partial charge is 0.366 e. The monoisotopic (exact) mass is 303 g/mol. The highest BCUT2D eigenvalue weighted by molar-refractivity contribution is 7.18. The highest BCUT2D eigenvalue weighted by Gasteiger charge is 2.06. The van der Waals surface area contributed by atoms with Gasteiger partial charge in [0.15, 0.2) is 0 Å². The first-order valence-corrected chi connectivity index (χ1v) is 7.84. The molecule has 2 aromatic heterocycles. The molecular formula is C14H13N3OS2. The molecule has 0 aliphatic carbocycles. The van der Waals surface area contributed by atoms with Crippen molar-refractivity contribution in [3.05, 3.63) is 51.2 Å². The van der Waals surface area contributed by atoms with Crippen LogP contribution in [-0.2, 0) is 13.1 Å². The van der Waals surface area contributed by atoms with Gasteiger partial charge in [0.25, 0.3) is 0 Å². The highest BCUT2D eigenvalue weighted by atomic mass is 32.1. The van der Waals surface area contributed by atoms with Crippen molar-refractivity contribution in [2.24, 2.45) is 5.73 Å². The molecule has 0 fully saturated rings. The van der Waals surface area contributed by atoms with E-state index in [1.165, 1.54) is 16.0 Å². The van der Waals surface area contributed by atoms with Crippen LogP contribution in [0.2, 0.25) is 0 Å². The lowest BCUT2D eigenvalue weighted by atomic mass is 10.3. The van der Waals surface area contributed by atoms with Crippen LogP contribution in [0.4, 0.5) is 0 Å². The number of thiazole rings is 1. The molecule has 0 spiro atoms. The topological polar surface area (TPSA) is 68.0 Å². The third-order valence-corrected chi connectivity index (χ3v) is 4.83. The number of benzene rings is 1. The number of carbonyl (C=O) groups excluding carboxylic acids is 1. The van der Waals surface area contributed by atoms with Gasteiger partial charge >= 0.3 is 0 Å². The quantitative estimate of drug-likeness (QED) is 0.761. The van der Waals surface area contributed by atoms with E-state index >= 15 is 0 Å². The first-order chi connectivity index (χ1) is 9.72. The van der Waals surface area contributed by atoms with Gasteiger partial charge in [0, 0.05) is 23.3 Å². The summed E-state index contributed by atoms with van der Waals surface area (Å²) >= 11 is 3.24. The Labute approximate surface area is 124 Å². The molecule has 102 valence electrons. The lowest BCUT2D eigenvalue weighted by Gasteiger charge is -1.98. The molecule has 0 saturated heterocycles. The summed E-state index contributed by atoms with van der Waals surface area (Å²) in [5.74, 6) is -0.376. The fourth-order valence-electron chi connectivity index (χ4n) is 1.89. The SMILES string of the molecule is NC(=O)c1csc(CNCc2nc3ccccc3s2)c1. The minimum atomic E-state index is -0.376. The van der Waals surface area contributed by atoms with Crippen LogP contribution in [0, 0.1) is 0 Å². The van der Waals surface area contributed by atoms with Crippen LogP contribution in [-0.4, -0.2) is 10.9 Å². The molecule has 0 bridgehead atoms. The Morgan fingerprint density at radius 3 is 2.90 bits per heavy atom. The Hall–Kier alpha value is -1.76. The van der Waals surface area contributed by atoms with Gasteiger partial charge in [-0.05, 0) is 18.2 Å². The molecule has 1 aromatic carbocycles. The standard InChI is InChI=1S/C14H13N3OS2/c15-14(18)9-5-10(19-8-9)6-16-7-13-17-11-3-1-2-4-12(11)20-13/h1-5,8,16H,6-7H2,(H2,15,18). The zero-order valence-electron chi connectivity index (χ0n) is 10.6. The molecule has 6 heteroatoms. The number of fused-ring (bicyclic) bond motifs is 1. The van der Waals surface area contributed by atoms with Crippen LogP contribution in [0.5, 0.6) is 0 Å². The van der Waals surface area contributed by atoms with Crippen molar-refractivity contribution in [1.82, 2.24) is 10.3 Å². The molecule has 0 unspecified atom stereocenters. The number of nitrogens with one attached hydrogen (secondary N) is 1. The molecule has 3 rings (SSSR count). The van der Waals surface area contributed by atoms with E-state index in [1.807, 2.05) is 24.3 Å². The maximum atomic E-state index is 11.0. The van der Waals surface area contributed by atoms with E-state index < -0.39 is 0 Å². The lowest BCUT2D eigenvalue weighted by Crippen LogP contribution is -2.12. The molecule has 0 aliphatic rings. The molecular weight excluding hydrogens is 290 g/mol. The molecule has 0 radical (unpaired) electrons. The van der Waals surface area contributed by atoms with Gasteiger partial charge in [-0.25, -0.2) is 4.98 Å². The number of carbonyl (C=O) groups is 1. The van der Waals surface area contributed by atoms with E-state index in [2.05, 4.69) is 16.4 Å². The van der Waals surface area contributed by atoms with Gasteiger partial charge in [-0.2, -0.15) is 0 Å². The van der Waals surface area contributed by atoms with Crippen LogP contribution in [0.3, 0.4) is 0 Å². The molecule has 1 amide bonds. The molecule has 0 atom stereocenters. The molecule has 2 heterocycles. The van der Waals surface area contributed by atoms with Crippen LogP contribution in [0.1, 0.15) is 20.2 Å². The summed E-state index contributed by atoms with van der Waals surface area (Å²) in [7, 11) is 0. The van der Waals surface area contributed by atoms with E-state index in [-0.39, 0.29) is 5.91 Å². The second-order valence-corrected chi connectivity index (χ2v) is 6.46. The average Bonchev–Trinajstić information content (AvgIpc) is 3.04. The van der Waals surface area contributed by atoms with Crippen molar-refractivity contribution in [3.63, 3.8) is 0 Å². The maximum Gasteiger partial charge on any atom is 0.249 e. The molecule has 3 N–H and O–H groups in total. The number of nitrogens with zero attached hydrogens (tertiary/aromatic N) is 1. The van der Waals surface area contributed by atoms with Crippen LogP contribution >= 0.6 is 22.7 Å². The summed E-state index contributed by atoms with van der Waals surface area (Å²) in [4.78, 5) is 16.7. The summed E-state index contributed by atoms with van der Waals surface area (Å²) in [6.07, 6.45) is 0. The average molecular weight is 303 g/mol. The lowest BCUT2D eigenvalue weighted by molar-refractivity contribution is 0.100. The summed E-state index contributed by atoms with van der Waals surface area (Å²) in [5, 5.41) is 6.19. The number of thiophene rings is 1. The summed E-state index contributed by atoms with van der Waals surface area (Å²) in [6, 6.07) is 9.95. The fraction of sp³-hybridized carbons (Fsp3) is 0.143. The zero-order chi connectivity index (χ0) is 13.9. The Bertz CT molecular complexity index is 715. The fourth-order valence-corrected chi connectivity index (χ4v) is 3.67. The van der Waals surface area contributed by atoms with Gasteiger partial charge in [0.05, 0.1) is 15.8 Å². The predicted octanol–water partition coefficient (Wildman–Crippen LogP) is 2.75. The first-order valence-electron chi connectivity index (χ1n) is 6.15. The minimum Gasteiger partial charge on any atom is -0.366 e. The van der Waals surface area contributed by atoms with Gasteiger partial charge in [-0.15, -0.1) is 22.7 Å². The van der Waals surface area contributed by atoms with Gasteiger partial charge in [-0.1, -0.05) is 12.1 Å². The summed E-state index contributed by atoms with van der Waals surface area (Å²) in [5.41, 5.74) is 6.85. The van der Waals surface area contributed by atoms with Crippen molar-refractivity contribution in [3.8, 4) is 0 Å². The van der Waals surface area contributed by atoms with Gasteiger partial charge in [0.1, 0.15) is 5.01 Å². The number of nitrogens with two attached hydrogens (primary N) is 1. The van der Waals surface area contributed by atoms with E-state index in [0.29, 0.717) is 12.1 Å². The predicted molar refractivity (Wildman–Crippen MR) is 83.0 cm³/mol. The highest BCUT2D eigenvalue weighted by Crippen LogP contribution is 2.21. The van der Waals surface area contributed by atoms with Gasteiger partial charge in [-0.3, -0.25) is 4.79 Å². The normalized spacial score (nSPS) is 11.0. The van der Waals surface area contributed by atoms with E-state index in [0.717, 1.165) is 21.9 Å². The molecule has 3 aromatic rings. The van der Waals surface area contributed by atoms with E-state index in [9.17, 15) is 4.79 Å². The number of para-hydroxylation sites is 1. The van der Waals surface area contributed by atoms with E-state index in [1.54, 1.807) is 16.7 Å². The zero-order valence-corrected chi connectivity index (χ0v) is 12.3. The third-order valence-electron chi connectivity index (χ3n) is 2.85. The van der Waals surface area contributed by atoms with E-state index in [4.69, 9.17) is 5.73 Å². The number of aromatic nitrogens is 1. The van der Waals surface area contributed by atoms with Crippen LogP contribution in [0.15, 0.2) is 35.7 Å². The van der Waals surface area contributed by atoms with Crippen molar-refractivity contribution < 1.29 is 4.79 Å². The van der Waals surface area contributed by atoms with Crippen molar-refractivity contribution in [1.29, 1.82) is 0 Å². The third kappa shape index (κ3) is 2.87. The van der Waals surface area contributed by atoms with Crippen LogP contribution in [0.25, 0.3) is 10.2 Å². The molecule has 0 saturated carbocycles. The summed E-state index contributed by atoms with van der Waals surface area (Å²) in [6.45, 7) is 1.44. The second kappa shape index (κ2) is 5.70. The number of hydrogen-bond donors (Lipinski definition) is 2. The molecule has 20 heavy (non-hydrogen) atoms. The smallest absolute Gasteiger partial charge is 0.249 e. The minimum absolute atomic E-state index is 0.376. The molecule has 0 aliphatic heterocycles. The Morgan fingerprint density at radius 2 is 2.15 bits per heavy atom. The Balaban J connectivity index is 1.60. The number of rotatable bonds is 5. The number of primary amides is 1. The van der Waals surface area contributed by atoms with Crippen LogP contribution < -0.4 is 11.1 Å². The van der Waals surface area contributed by atoms with Gasteiger partial charge in [0.2, 0.25) is 5.91 Å².